The highest BCUT2D eigenvalue weighted by molar-refractivity contribution is 7.09. The van der Waals surface area contributed by atoms with Gasteiger partial charge in [0.2, 0.25) is 0 Å². The monoisotopic (exact) mass is 280 g/mol. The standard InChI is InChI=1S/C13H13ClN2OS/c1-9-15-12(8-18-9)6-16(2)13-5-11(14)4-3-10(13)7-17/h3-5,7-8H,6H2,1-2H3. The highest BCUT2D eigenvalue weighted by atomic mass is 35.5. The van der Waals surface area contributed by atoms with Crippen molar-refractivity contribution in [1.29, 1.82) is 0 Å². The van der Waals surface area contributed by atoms with Gasteiger partial charge in [-0.3, -0.25) is 4.79 Å². The van der Waals surface area contributed by atoms with E-state index in [-0.39, 0.29) is 0 Å². The van der Waals surface area contributed by atoms with E-state index in [4.69, 9.17) is 11.6 Å². The first-order valence-corrected chi connectivity index (χ1v) is 6.73. The Bertz CT molecular complexity index is 568. The number of halogens is 1. The molecule has 2 rings (SSSR count). The number of anilines is 1. The number of aryl methyl sites for hydroxylation is 1. The average molecular weight is 281 g/mol. The zero-order chi connectivity index (χ0) is 13.1. The van der Waals surface area contributed by atoms with Crippen molar-refractivity contribution in [3.05, 3.63) is 44.9 Å². The molecule has 0 aliphatic carbocycles. The second kappa shape index (κ2) is 5.50. The Kier molecular flexibility index (Phi) is 3.99. The molecule has 0 amide bonds. The van der Waals surface area contributed by atoms with Gasteiger partial charge in [0, 0.05) is 28.7 Å². The Morgan fingerprint density at radius 1 is 1.50 bits per heavy atom. The topological polar surface area (TPSA) is 33.2 Å². The molecule has 0 radical (unpaired) electrons. The predicted molar refractivity (Wildman–Crippen MR) is 75.8 cm³/mol. The van der Waals surface area contributed by atoms with Crippen molar-refractivity contribution < 1.29 is 4.79 Å². The molecule has 2 aromatic rings. The lowest BCUT2D eigenvalue weighted by atomic mass is 10.2. The number of aldehydes is 1. The van der Waals surface area contributed by atoms with Gasteiger partial charge >= 0.3 is 0 Å². The summed E-state index contributed by atoms with van der Waals surface area (Å²) in [6.45, 7) is 2.63. The molecule has 1 aromatic heterocycles. The molecule has 0 atom stereocenters. The van der Waals surface area contributed by atoms with Crippen molar-refractivity contribution in [2.75, 3.05) is 11.9 Å². The molecule has 1 aromatic carbocycles. The van der Waals surface area contributed by atoms with Crippen LogP contribution in [0.25, 0.3) is 0 Å². The molecule has 0 aliphatic heterocycles. The predicted octanol–water partition coefficient (Wildman–Crippen LogP) is 3.55. The minimum absolute atomic E-state index is 0.622. The molecule has 5 heteroatoms. The Labute approximate surface area is 115 Å². The highest BCUT2D eigenvalue weighted by Crippen LogP contribution is 2.24. The van der Waals surface area contributed by atoms with E-state index in [1.807, 2.05) is 24.3 Å². The summed E-state index contributed by atoms with van der Waals surface area (Å²) in [6, 6.07) is 5.24. The van der Waals surface area contributed by atoms with Crippen molar-refractivity contribution in [3.8, 4) is 0 Å². The molecule has 0 N–H and O–H groups in total. The lowest BCUT2D eigenvalue weighted by molar-refractivity contribution is 0.112. The maximum Gasteiger partial charge on any atom is 0.152 e. The van der Waals surface area contributed by atoms with E-state index in [2.05, 4.69) is 4.98 Å². The summed E-state index contributed by atoms with van der Waals surface area (Å²) in [6.07, 6.45) is 0.842. The van der Waals surface area contributed by atoms with Gasteiger partial charge in [0.1, 0.15) is 0 Å². The van der Waals surface area contributed by atoms with Crippen LogP contribution in [0.1, 0.15) is 21.1 Å². The highest BCUT2D eigenvalue weighted by Gasteiger charge is 2.10. The van der Waals surface area contributed by atoms with E-state index in [9.17, 15) is 4.79 Å². The van der Waals surface area contributed by atoms with Crippen LogP contribution in [0.2, 0.25) is 5.02 Å². The van der Waals surface area contributed by atoms with Crippen molar-refractivity contribution in [2.24, 2.45) is 0 Å². The zero-order valence-electron chi connectivity index (χ0n) is 10.2. The summed E-state index contributed by atoms with van der Waals surface area (Å²) < 4.78 is 0. The number of hydrogen-bond donors (Lipinski definition) is 0. The van der Waals surface area contributed by atoms with Gasteiger partial charge in [0.15, 0.2) is 6.29 Å². The summed E-state index contributed by atoms with van der Waals surface area (Å²) in [5, 5.41) is 3.69. The quantitative estimate of drug-likeness (QED) is 0.803. The van der Waals surface area contributed by atoms with Crippen LogP contribution in [0.5, 0.6) is 0 Å². The second-order valence-electron chi connectivity index (χ2n) is 4.03. The number of carbonyl (C=O) groups excluding carboxylic acids is 1. The first-order chi connectivity index (χ1) is 8.60. The number of rotatable bonds is 4. The average Bonchev–Trinajstić information content (AvgIpc) is 2.74. The van der Waals surface area contributed by atoms with Crippen LogP contribution in [0.15, 0.2) is 23.6 Å². The Morgan fingerprint density at radius 3 is 2.89 bits per heavy atom. The van der Waals surface area contributed by atoms with Crippen LogP contribution >= 0.6 is 22.9 Å². The fraction of sp³-hybridized carbons (Fsp3) is 0.231. The van der Waals surface area contributed by atoms with Crippen molar-refractivity contribution >= 4 is 34.9 Å². The van der Waals surface area contributed by atoms with Gasteiger partial charge in [0.05, 0.1) is 17.2 Å². The van der Waals surface area contributed by atoms with Gasteiger partial charge in [-0.05, 0) is 25.1 Å². The summed E-state index contributed by atoms with van der Waals surface area (Å²) >= 11 is 7.59. The van der Waals surface area contributed by atoms with E-state index >= 15 is 0 Å². The molecule has 0 unspecified atom stereocenters. The fourth-order valence-electron chi connectivity index (χ4n) is 1.76. The molecular formula is C13H13ClN2OS. The molecule has 0 fully saturated rings. The summed E-state index contributed by atoms with van der Waals surface area (Å²) in [5.74, 6) is 0. The maximum absolute atomic E-state index is 11.0. The molecule has 0 spiro atoms. The lowest BCUT2D eigenvalue weighted by Crippen LogP contribution is -2.18. The Balaban J connectivity index is 2.25. The lowest BCUT2D eigenvalue weighted by Gasteiger charge is -2.20. The van der Waals surface area contributed by atoms with Gasteiger partial charge in [-0.15, -0.1) is 11.3 Å². The summed E-state index contributed by atoms with van der Waals surface area (Å²) in [7, 11) is 1.92. The molecule has 1 heterocycles. The van der Waals surface area contributed by atoms with E-state index < -0.39 is 0 Å². The van der Waals surface area contributed by atoms with Crippen LogP contribution in [0, 0.1) is 6.92 Å². The van der Waals surface area contributed by atoms with Gasteiger partial charge in [-0.1, -0.05) is 11.6 Å². The SMILES string of the molecule is Cc1nc(CN(C)c2cc(Cl)ccc2C=O)cs1. The number of aromatic nitrogens is 1. The van der Waals surface area contributed by atoms with Crippen LogP contribution in [0.4, 0.5) is 5.69 Å². The molecule has 0 aliphatic rings. The van der Waals surface area contributed by atoms with Gasteiger partial charge in [-0.2, -0.15) is 0 Å². The zero-order valence-corrected chi connectivity index (χ0v) is 11.8. The van der Waals surface area contributed by atoms with Crippen LogP contribution in [0.3, 0.4) is 0 Å². The summed E-state index contributed by atoms with van der Waals surface area (Å²) in [4.78, 5) is 17.4. The second-order valence-corrected chi connectivity index (χ2v) is 5.53. The van der Waals surface area contributed by atoms with Crippen molar-refractivity contribution in [3.63, 3.8) is 0 Å². The number of carbonyl (C=O) groups is 1. The smallest absolute Gasteiger partial charge is 0.152 e. The van der Waals surface area contributed by atoms with Crippen LogP contribution in [-0.2, 0) is 6.54 Å². The normalized spacial score (nSPS) is 10.4. The van der Waals surface area contributed by atoms with Crippen LogP contribution in [-0.4, -0.2) is 18.3 Å². The van der Waals surface area contributed by atoms with Gasteiger partial charge < -0.3 is 4.90 Å². The summed E-state index contributed by atoms with van der Waals surface area (Å²) in [5.41, 5.74) is 2.45. The molecule has 0 saturated heterocycles. The van der Waals surface area contributed by atoms with E-state index in [1.54, 1.807) is 29.5 Å². The first kappa shape index (κ1) is 13.1. The van der Waals surface area contributed by atoms with E-state index in [1.165, 1.54) is 0 Å². The molecule has 3 nitrogen and oxygen atoms in total. The molecule has 18 heavy (non-hydrogen) atoms. The minimum Gasteiger partial charge on any atom is -0.368 e. The molecule has 0 bridgehead atoms. The number of nitrogens with zero attached hydrogens (tertiary/aromatic N) is 2. The first-order valence-electron chi connectivity index (χ1n) is 5.47. The molecule has 0 saturated carbocycles. The third kappa shape index (κ3) is 2.89. The number of thiazole rings is 1. The minimum atomic E-state index is 0.622. The molecular weight excluding hydrogens is 268 g/mol. The Hall–Kier alpha value is -1.39. The van der Waals surface area contributed by atoms with E-state index in [0.717, 1.165) is 22.7 Å². The van der Waals surface area contributed by atoms with Gasteiger partial charge in [-0.25, -0.2) is 4.98 Å². The fourth-order valence-corrected chi connectivity index (χ4v) is 2.53. The Morgan fingerprint density at radius 2 is 2.28 bits per heavy atom. The number of benzene rings is 1. The van der Waals surface area contributed by atoms with Gasteiger partial charge in [0.25, 0.3) is 0 Å². The van der Waals surface area contributed by atoms with Crippen molar-refractivity contribution in [1.82, 2.24) is 4.98 Å². The third-order valence-electron chi connectivity index (χ3n) is 2.60. The van der Waals surface area contributed by atoms with Crippen molar-refractivity contribution in [2.45, 2.75) is 13.5 Å². The van der Waals surface area contributed by atoms with Crippen LogP contribution < -0.4 is 4.90 Å². The maximum atomic E-state index is 11.0. The largest absolute Gasteiger partial charge is 0.368 e. The third-order valence-corrected chi connectivity index (χ3v) is 3.65. The molecule has 94 valence electrons. The van der Waals surface area contributed by atoms with E-state index in [0.29, 0.717) is 17.1 Å². The number of hydrogen-bond acceptors (Lipinski definition) is 4.